The molecule has 0 unspecified atom stereocenters. The minimum Gasteiger partial charge on any atom is -0.392 e. The number of benzene rings is 1. The Kier molecular flexibility index (Phi) is 6.49. The molecule has 2 aliphatic carbocycles. The van der Waals surface area contributed by atoms with Crippen LogP contribution >= 0.6 is 0 Å². The third-order valence-corrected chi connectivity index (χ3v) is 9.71. The molecule has 1 fully saturated rings. The van der Waals surface area contributed by atoms with E-state index in [-0.39, 0.29) is 11.5 Å². The maximum absolute atomic E-state index is 15.3. The molecule has 4 aliphatic rings. The summed E-state index contributed by atoms with van der Waals surface area (Å²) in [5.74, 6) is -0.131. The van der Waals surface area contributed by atoms with Crippen LogP contribution in [0.2, 0.25) is 0 Å². The second kappa shape index (κ2) is 10.4. The molecule has 1 amide bonds. The third kappa shape index (κ3) is 4.57. The first-order chi connectivity index (χ1) is 21.4. The third-order valence-electron chi connectivity index (χ3n) is 9.71. The smallest absolute Gasteiger partial charge is 0.274 e. The second-order valence-corrected chi connectivity index (χ2v) is 12.6. The molecule has 2 aliphatic heterocycles. The maximum atomic E-state index is 15.3. The summed E-state index contributed by atoms with van der Waals surface area (Å²) in [5, 5.41) is 18.5. The SMILES string of the molecule is Cn1cc(-c2cc(F)cc(N3CCn4c(cc5c4CCCC5)C3=O)c2CO)cc(Nc2cc3n(n2)CCN(C2CC2)C3)c1=O. The van der Waals surface area contributed by atoms with Crippen LogP contribution in [-0.4, -0.2) is 54.0 Å². The van der Waals surface area contributed by atoms with Crippen LogP contribution in [-0.2, 0) is 46.1 Å². The van der Waals surface area contributed by atoms with E-state index in [0.29, 0.717) is 58.7 Å². The number of hydrogen-bond acceptors (Lipinski definition) is 6. The second-order valence-electron chi connectivity index (χ2n) is 12.6. The van der Waals surface area contributed by atoms with E-state index in [1.54, 1.807) is 24.2 Å². The molecule has 5 heterocycles. The van der Waals surface area contributed by atoms with E-state index in [9.17, 15) is 14.7 Å². The van der Waals surface area contributed by atoms with E-state index in [4.69, 9.17) is 5.10 Å². The molecule has 0 spiro atoms. The van der Waals surface area contributed by atoms with Crippen LogP contribution in [0.1, 0.15) is 58.7 Å². The van der Waals surface area contributed by atoms with Gasteiger partial charge in [0.15, 0.2) is 5.82 Å². The molecule has 8 rings (SSSR count). The largest absolute Gasteiger partial charge is 0.392 e. The monoisotopic (exact) mass is 597 g/mol. The molecule has 0 atom stereocenters. The quantitative estimate of drug-likeness (QED) is 0.349. The highest BCUT2D eigenvalue weighted by atomic mass is 19.1. The van der Waals surface area contributed by atoms with E-state index >= 15 is 4.39 Å². The zero-order valence-corrected chi connectivity index (χ0v) is 24.9. The number of anilines is 3. The number of fused-ring (bicyclic) bond motifs is 4. The summed E-state index contributed by atoms with van der Waals surface area (Å²) in [4.78, 5) is 31.1. The van der Waals surface area contributed by atoms with Crippen molar-refractivity contribution in [2.45, 2.75) is 70.8 Å². The Morgan fingerprint density at radius 3 is 2.68 bits per heavy atom. The summed E-state index contributed by atoms with van der Waals surface area (Å²) in [6, 6.07) is 9.00. The highest BCUT2D eigenvalue weighted by Gasteiger charge is 2.33. The van der Waals surface area contributed by atoms with Crippen molar-refractivity contribution < 1.29 is 14.3 Å². The molecule has 0 bridgehead atoms. The highest BCUT2D eigenvalue weighted by Crippen LogP contribution is 2.37. The van der Waals surface area contributed by atoms with Gasteiger partial charge in [0.2, 0.25) is 0 Å². The summed E-state index contributed by atoms with van der Waals surface area (Å²) in [6.07, 6.45) is 8.32. The summed E-state index contributed by atoms with van der Waals surface area (Å²) < 4.78 is 20.9. The molecule has 2 N–H and O–H groups in total. The standard InChI is InChI=1S/C33H36FN7O3/c1-37-17-21(12-27(32(37)43)35-31-16-24-18-38(23-6-7-23)8-11-41(24)36-31)25-14-22(34)15-29(26(25)19-42)40-10-9-39-28-5-3-2-4-20(28)13-30(39)33(40)44/h12-17,23,42H,2-11,18-19H2,1H3,(H,35,36). The number of amides is 1. The first-order valence-electron chi connectivity index (χ1n) is 15.6. The lowest BCUT2D eigenvalue weighted by Crippen LogP contribution is -2.41. The van der Waals surface area contributed by atoms with Crippen molar-refractivity contribution >= 4 is 23.1 Å². The van der Waals surface area contributed by atoms with Crippen molar-refractivity contribution in [1.29, 1.82) is 0 Å². The fourth-order valence-corrected chi connectivity index (χ4v) is 7.34. The van der Waals surface area contributed by atoms with E-state index in [0.717, 1.165) is 51.0 Å². The Morgan fingerprint density at radius 2 is 1.86 bits per heavy atom. The van der Waals surface area contributed by atoms with Crippen molar-refractivity contribution in [3.63, 3.8) is 0 Å². The lowest BCUT2D eigenvalue weighted by molar-refractivity contribution is 0.0964. The summed E-state index contributed by atoms with van der Waals surface area (Å²) in [7, 11) is 1.64. The van der Waals surface area contributed by atoms with Crippen molar-refractivity contribution in [3.8, 4) is 11.1 Å². The van der Waals surface area contributed by atoms with E-state index in [1.807, 2.05) is 16.8 Å². The van der Waals surface area contributed by atoms with Gasteiger partial charge in [-0.15, -0.1) is 0 Å². The van der Waals surface area contributed by atoms with E-state index in [2.05, 4.69) is 14.8 Å². The van der Waals surface area contributed by atoms with Crippen LogP contribution < -0.4 is 15.8 Å². The van der Waals surface area contributed by atoms with Crippen molar-refractivity contribution in [2.24, 2.45) is 7.05 Å². The predicted octanol–water partition coefficient (Wildman–Crippen LogP) is 3.94. The van der Waals surface area contributed by atoms with Crippen LogP contribution in [0.5, 0.6) is 0 Å². The average Bonchev–Trinajstić information content (AvgIpc) is 3.69. The van der Waals surface area contributed by atoms with Crippen molar-refractivity contribution in [2.75, 3.05) is 23.3 Å². The first kappa shape index (κ1) is 27.3. The minimum absolute atomic E-state index is 0.191. The lowest BCUT2D eigenvalue weighted by Gasteiger charge is -2.31. The molecule has 1 aromatic carbocycles. The number of rotatable bonds is 6. The number of carbonyl (C=O) groups is 1. The van der Waals surface area contributed by atoms with Crippen LogP contribution in [0, 0.1) is 5.82 Å². The van der Waals surface area contributed by atoms with Gasteiger partial charge in [0.25, 0.3) is 11.5 Å². The molecule has 44 heavy (non-hydrogen) atoms. The Morgan fingerprint density at radius 1 is 1.02 bits per heavy atom. The molecule has 0 radical (unpaired) electrons. The molecule has 11 heteroatoms. The molecule has 10 nitrogen and oxygen atoms in total. The zero-order chi connectivity index (χ0) is 30.1. The lowest BCUT2D eigenvalue weighted by atomic mass is 9.97. The number of aliphatic hydroxyl groups is 1. The zero-order valence-electron chi connectivity index (χ0n) is 24.9. The fourth-order valence-electron chi connectivity index (χ4n) is 7.34. The van der Waals surface area contributed by atoms with Gasteiger partial charge in [-0.05, 0) is 73.9 Å². The van der Waals surface area contributed by atoms with Gasteiger partial charge in [0.05, 0.1) is 24.5 Å². The van der Waals surface area contributed by atoms with Gasteiger partial charge in [-0.25, -0.2) is 4.39 Å². The van der Waals surface area contributed by atoms with Gasteiger partial charge in [0.1, 0.15) is 17.2 Å². The summed E-state index contributed by atoms with van der Waals surface area (Å²) >= 11 is 0. The predicted molar refractivity (Wildman–Crippen MR) is 165 cm³/mol. The number of nitrogens with zero attached hydrogens (tertiary/aromatic N) is 6. The number of nitrogens with one attached hydrogen (secondary N) is 1. The number of hydrogen-bond donors (Lipinski definition) is 2. The number of aryl methyl sites for hydroxylation is 2. The molecule has 4 aromatic rings. The van der Waals surface area contributed by atoms with Gasteiger partial charge in [0, 0.05) is 68.4 Å². The number of pyridine rings is 1. The number of carbonyl (C=O) groups excluding carboxylic acids is 1. The Hall–Kier alpha value is -4.22. The van der Waals surface area contributed by atoms with E-state index in [1.165, 1.54) is 40.8 Å². The van der Waals surface area contributed by atoms with Crippen LogP contribution in [0.25, 0.3) is 11.1 Å². The van der Waals surface area contributed by atoms with Gasteiger partial charge < -0.3 is 24.5 Å². The Labute approximate surface area is 254 Å². The molecular formula is C33H36FN7O3. The molecule has 3 aromatic heterocycles. The molecule has 228 valence electrons. The van der Waals surface area contributed by atoms with Crippen molar-refractivity contribution in [1.82, 2.24) is 23.8 Å². The van der Waals surface area contributed by atoms with E-state index < -0.39 is 12.4 Å². The van der Waals surface area contributed by atoms with Crippen molar-refractivity contribution in [3.05, 3.63) is 80.9 Å². The van der Waals surface area contributed by atoms with Crippen LogP contribution in [0.3, 0.4) is 0 Å². The van der Waals surface area contributed by atoms with Gasteiger partial charge in [-0.1, -0.05) is 0 Å². The Bertz CT molecular complexity index is 1870. The topological polar surface area (TPSA) is 101 Å². The van der Waals surface area contributed by atoms with Crippen LogP contribution in [0.4, 0.5) is 21.6 Å². The minimum atomic E-state index is -0.523. The maximum Gasteiger partial charge on any atom is 0.274 e. The number of halogens is 1. The fraction of sp³-hybridized carbons (Fsp3) is 0.424. The highest BCUT2D eigenvalue weighted by molar-refractivity contribution is 6.07. The number of aliphatic hydroxyl groups excluding tert-OH is 1. The number of aromatic nitrogens is 4. The molecule has 0 saturated heterocycles. The summed E-state index contributed by atoms with van der Waals surface area (Å²) in [5.41, 5.74) is 6.01. The van der Waals surface area contributed by atoms with Gasteiger partial charge >= 0.3 is 0 Å². The first-order valence-corrected chi connectivity index (χ1v) is 15.6. The van der Waals surface area contributed by atoms with Gasteiger partial charge in [-0.2, -0.15) is 5.10 Å². The Balaban J connectivity index is 1.14. The summed E-state index contributed by atoms with van der Waals surface area (Å²) in [6.45, 7) is 3.21. The normalized spacial score (nSPS) is 18.2. The molecular weight excluding hydrogens is 561 g/mol. The van der Waals surface area contributed by atoms with Crippen LogP contribution in [0.15, 0.2) is 41.3 Å². The van der Waals surface area contributed by atoms with Gasteiger partial charge in [-0.3, -0.25) is 19.2 Å². The average molecular weight is 598 g/mol. The molecule has 1 saturated carbocycles.